The molecule has 0 fully saturated rings. The van der Waals surface area contributed by atoms with Gasteiger partial charge in [-0.2, -0.15) is 0 Å². The van der Waals surface area contributed by atoms with Gasteiger partial charge < -0.3 is 10.4 Å². The molecule has 12 heavy (non-hydrogen) atoms. The van der Waals surface area contributed by atoms with E-state index < -0.39 is 11.6 Å². The average molecular weight is 169 g/mol. The van der Waals surface area contributed by atoms with Crippen molar-refractivity contribution in [1.29, 1.82) is 0 Å². The van der Waals surface area contributed by atoms with Crippen LogP contribution in [-0.4, -0.2) is 22.5 Å². The van der Waals surface area contributed by atoms with Crippen molar-refractivity contribution in [3.8, 4) is 0 Å². The van der Waals surface area contributed by atoms with Gasteiger partial charge in [0.25, 0.3) is 5.91 Å². The second-order valence-electron chi connectivity index (χ2n) is 3.08. The molecule has 1 aliphatic rings. The fourth-order valence-electron chi connectivity index (χ4n) is 1.21. The van der Waals surface area contributed by atoms with Crippen LogP contribution in [0, 0.1) is 0 Å². The van der Waals surface area contributed by atoms with E-state index in [9.17, 15) is 14.7 Å². The van der Waals surface area contributed by atoms with Crippen LogP contribution in [0.1, 0.15) is 20.8 Å². The van der Waals surface area contributed by atoms with Crippen molar-refractivity contribution >= 4 is 11.7 Å². The summed E-state index contributed by atoms with van der Waals surface area (Å²) < 4.78 is 0. The number of carbonyl (C=O) groups excluding carboxylic acids is 2. The molecule has 1 aliphatic heterocycles. The lowest BCUT2D eigenvalue weighted by atomic mass is 10.0. The van der Waals surface area contributed by atoms with Crippen LogP contribution < -0.4 is 5.32 Å². The van der Waals surface area contributed by atoms with Crippen LogP contribution in [0.4, 0.5) is 0 Å². The summed E-state index contributed by atoms with van der Waals surface area (Å²) in [7, 11) is 0. The van der Waals surface area contributed by atoms with Gasteiger partial charge in [-0.3, -0.25) is 9.59 Å². The molecule has 0 aromatic heterocycles. The van der Waals surface area contributed by atoms with E-state index in [-0.39, 0.29) is 11.4 Å². The van der Waals surface area contributed by atoms with Gasteiger partial charge in [0.1, 0.15) is 0 Å². The van der Waals surface area contributed by atoms with Crippen LogP contribution in [0.5, 0.6) is 0 Å². The molecule has 0 radical (unpaired) electrons. The number of aliphatic hydroxyl groups is 1. The first-order chi connectivity index (χ1) is 5.36. The molecule has 0 unspecified atom stereocenters. The summed E-state index contributed by atoms with van der Waals surface area (Å²) in [6, 6.07) is 0. The summed E-state index contributed by atoms with van der Waals surface area (Å²) in [6.07, 6.45) is 0. The lowest BCUT2D eigenvalue weighted by molar-refractivity contribution is -0.122. The van der Waals surface area contributed by atoms with Crippen molar-refractivity contribution in [2.24, 2.45) is 0 Å². The number of amides is 1. The summed E-state index contributed by atoms with van der Waals surface area (Å²) in [5, 5.41) is 11.8. The highest BCUT2D eigenvalue weighted by atomic mass is 16.3. The average Bonchev–Trinajstić information content (AvgIpc) is 2.02. The molecule has 1 amide bonds. The van der Waals surface area contributed by atoms with E-state index in [2.05, 4.69) is 5.32 Å². The summed E-state index contributed by atoms with van der Waals surface area (Å²) >= 11 is 0. The van der Waals surface area contributed by atoms with Crippen LogP contribution >= 0.6 is 0 Å². The quantitative estimate of drug-likeness (QED) is 0.531. The number of Topliss-reactive ketones (excluding diaryl/α,β-unsaturated/α-hetero) is 1. The lowest BCUT2D eigenvalue weighted by Crippen LogP contribution is -2.40. The maximum atomic E-state index is 11.1. The summed E-state index contributed by atoms with van der Waals surface area (Å²) in [5.74, 6) is -0.812. The maximum Gasteiger partial charge on any atom is 0.257 e. The third kappa shape index (κ3) is 1.14. The van der Waals surface area contributed by atoms with Crippen molar-refractivity contribution in [2.75, 3.05) is 0 Å². The Morgan fingerprint density at radius 2 is 2.08 bits per heavy atom. The maximum absolute atomic E-state index is 11.1. The number of ketones is 1. The monoisotopic (exact) mass is 169 g/mol. The smallest absolute Gasteiger partial charge is 0.257 e. The van der Waals surface area contributed by atoms with E-state index in [4.69, 9.17) is 0 Å². The minimum atomic E-state index is -1.36. The Hall–Kier alpha value is -1.16. The van der Waals surface area contributed by atoms with E-state index in [1.54, 1.807) is 6.92 Å². The zero-order valence-electron chi connectivity index (χ0n) is 7.26. The molecule has 0 aromatic rings. The molecule has 2 N–H and O–H groups in total. The van der Waals surface area contributed by atoms with Gasteiger partial charge in [0.15, 0.2) is 11.5 Å². The van der Waals surface area contributed by atoms with Crippen molar-refractivity contribution in [3.63, 3.8) is 0 Å². The highest BCUT2D eigenvalue weighted by Gasteiger charge is 2.38. The molecule has 0 saturated carbocycles. The zero-order chi connectivity index (χ0) is 9.52. The van der Waals surface area contributed by atoms with E-state index in [1.165, 1.54) is 13.8 Å². The topological polar surface area (TPSA) is 66.4 Å². The molecular formula is C8H11NO3. The van der Waals surface area contributed by atoms with Crippen molar-refractivity contribution < 1.29 is 14.7 Å². The van der Waals surface area contributed by atoms with Gasteiger partial charge in [0, 0.05) is 0 Å². The van der Waals surface area contributed by atoms with E-state index in [1.807, 2.05) is 0 Å². The van der Waals surface area contributed by atoms with Crippen molar-refractivity contribution in [1.82, 2.24) is 5.32 Å². The molecule has 0 aliphatic carbocycles. The Balaban J connectivity index is 3.20. The molecule has 4 heteroatoms. The largest absolute Gasteiger partial charge is 0.367 e. The third-order valence-electron chi connectivity index (χ3n) is 2.04. The van der Waals surface area contributed by atoms with Gasteiger partial charge in [-0.25, -0.2) is 0 Å². The Labute approximate surface area is 70.3 Å². The normalized spacial score (nSPS) is 29.2. The first-order valence-electron chi connectivity index (χ1n) is 3.63. The number of nitrogens with one attached hydrogen (secondary N) is 1. The molecule has 0 bridgehead atoms. The van der Waals surface area contributed by atoms with Crippen LogP contribution in [0.25, 0.3) is 0 Å². The van der Waals surface area contributed by atoms with Gasteiger partial charge in [-0.05, 0) is 26.3 Å². The Morgan fingerprint density at radius 3 is 2.25 bits per heavy atom. The highest BCUT2D eigenvalue weighted by molar-refractivity contribution is 6.21. The first-order valence-corrected chi connectivity index (χ1v) is 3.63. The van der Waals surface area contributed by atoms with E-state index in [0.717, 1.165) is 0 Å². The summed E-state index contributed by atoms with van der Waals surface area (Å²) in [5.41, 5.74) is -0.905. The van der Waals surface area contributed by atoms with Crippen LogP contribution in [0.15, 0.2) is 11.1 Å². The van der Waals surface area contributed by atoms with Gasteiger partial charge >= 0.3 is 0 Å². The molecule has 1 heterocycles. The minimum Gasteiger partial charge on any atom is -0.367 e. The van der Waals surface area contributed by atoms with Gasteiger partial charge in [0.2, 0.25) is 0 Å². The first kappa shape index (κ1) is 8.93. The van der Waals surface area contributed by atoms with Crippen LogP contribution in [-0.2, 0) is 9.59 Å². The Bertz CT molecular complexity index is 289. The second-order valence-corrected chi connectivity index (χ2v) is 3.08. The minimum absolute atomic E-state index is 0.0694. The summed E-state index contributed by atoms with van der Waals surface area (Å²) in [4.78, 5) is 22.0. The standard InChI is InChI=1S/C8H11NO3/c1-4-6(5(2)10)7(11)9-8(4,3)12/h12H,1-3H3,(H,9,11)/t8-/m1/s1. The van der Waals surface area contributed by atoms with Crippen LogP contribution in [0.2, 0.25) is 0 Å². The fraction of sp³-hybridized carbons (Fsp3) is 0.500. The Kier molecular flexibility index (Phi) is 1.80. The van der Waals surface area contributed by atoms with Gasteiger partial charge in [0.05, 0.1) is 5.57 Å². The molecule has 0 aromatic carbocycles. The summed E-state index contributed by atoms with van der Waals surface area (Å²) in [6.45, 7) is 4.31. The lowest BCUT2D eigenvalue weighted by Gasteiger charge is -2.17. The molecule has 66 valence electrons. The number of rotatable bonds is 1. The highest BCUT2D eigenvalue weighted by Crippen LogP contribution is 2.24. The van der Waals surface area contributed by atoms with Crippen LogP contribution in [0.3, 0.4) is 0 Å². The third-order valence-corrected chi connectivity index (χ3v) is 2.04. The number of carbonyl (C=O) groups is 2. The molecule has 4 nitrogen and oxygen atoms in total. The predicted molar refractivity (Wildman–Crippen MR) is 42.1 cm³/mol. The number of hydrogen-bond donors (Lipinski definition) is 2. The molecule has 0 spiro atoms. The number of hydrogen-bond acceptors (Lipinski definition) is 3. The fourth-order valence-corrected chi connectivity index (χ4v) is 1.21. The predicted octanol–water partition coefficient (Wildman–Crippen LogP) is -0.270. The van der Waals surface area contributed by atoms with Crippen molar-refractivity contribution in [2.45, 2.75) is 26.5 Å². The van der Waals surface area contributed by atoms with E-state index >= 15 is 0 Å². The Morgan fingerprint density at radius 1 is 1.58 bits per heavy atom. The molecule has 0 saturated heterocycles. The molecule has 1 atom stereocenters. The molecular weight excluding hydrogens is 158 g/mol. The van der Waals surface area contributed by atoms with Gasteiger partial charge in [-0.15, -0.1) is 0 Å². The van der Waals surface area contributed by atoms with Crippen molar-refractivity contribution in [3.05, 3.63) is 11.1 Å². The zero-order valence-corrected chi connectivity index (χ0v) is 7.26. The van der Waals surface area contributed by atoms with Gasteiger partial charge in [-0.1, -0.05) is 0 Å². The SMILES string of the molecule is CC(=O)C1=C(C)[C@@](C)(O)NC1=O. The van der Waals surface area contributed by atoms with E-state index in [0.29, 0.717) is 5.57 Å². The molecule has 1 rings (SSSR count). The second kappa shape index (κ2) is 2.42.